The first-order valence-corrected chi connectivity index (χ1v) is 5.01. The van der Waals surface area contributed by atoms with Crippen molar-refractivity contribution < 1.29 is 19.7 Å². The molecule has 0 radical (unpaired) electrons. The van der Waals surface area contributed by atoms with Gasteiger partial charge in [-0.25, -0.2) is 9.78 Å². The van der Waals surface area contributed by atoms with E-state index in [2.05, 4.69) is 19.8 Å². The van der Waals surface area contributed by atoms with Crippen LogP contribution in [-0.4, -0.2) is 32.8 Å². The SMILES string of the molecule is O=C(COc1ccnc(-c2ccccn2)n1)OO. The fourth-order valence-corrected chi connectivity index (χ4v) is 1.20. The first-order chi connectivity index (χ1) is 8.79. The third-order valence-corrected chi connectivity index (χ3v) is 1.96. The Morgan fingerprint density at radius 1 is 1.22 bits per heavy atom. The number of rotatable bonds is 4. The van der Waals surface area contributed by atoms with Crippen LogP contribution >= 0.6 is 0 Å². The van der Waals surface area contributed by atoms with Gasteiger partial charge in [-0.1, -0.05) is 6.07 Å². The number of nitrogens with zero attached hydrogens (tertiary/aromatic N) is 3. The van der Waals surface area contributed by atoms with Gasteiger partial charge in [-0.3, -0.25) is 9.87 Å². The number of hydrogen-bond acceptors (Lipinski definition) is 7. The van der Waals surface area contributed by atoms with Crippen molar-refractivity contribution in [1.82, 2.24) is 15.0 Å². The molecular weight excluding hydrogens is 238 g/mol. The summed E-state index contributed by atoms with van der Waals surface area (Å²) in [6.45, 7) is -0.435. The quantitative estimate of drug-likeness (QED) is 0.634. The number of carbonyl (C=O) groups excluding carboxylic acids is 1. The van der Waals surface area contributed by atoms with Crippen LogP contribution in [0.1, 0.15) is 0 Å². The van der Waals surface area contributed by atoms with E-state index in [9.17, 15) is 4.79 Å². The van der Waals surface area contributed by atoms with Crippen molar-refractivity contribution in [2.24, 2.45) is 0 Å². The van der Waals surface area contributed by atoms with E-state index in [0.29, 0.717) is 11.5 Å². The summed E-state index contributed by atoms with van der Waals surface area (Å²) in [5.74, 6) is -0.338. The minimum absolute atomic E-state index is 0.191. The van der Waals surface area contributed by atoms with E-state index in [0.717, 1.165) is 0 Å². The zero-order chi connectivity index (χ0) is 12.8. The average molecular weight is 247 g/mol. The third kappa shape index (κ3) is 2.98. The average Bonchev–Trinajstić information content (AvgIpc) is 2.46. The highest BCUT2D eigenvalue weighted by molar-refractivity contribution is 5.70. The Morgan fingerprint density at radius 2 is 2.11 bits per heavy atom. The normalized spacial score (nSPS) is 9.83. The predicted octanol–water partition coefficient (Wildman–Crippen LogP) is 0.934. The summed E-state index contributed by atoms with van der Waals surface area (Å²) in [7, 11) is 0. The van der Waals surface area contributed by atoms with Crippen molar-refractivity contribution in [3.05, 3.63) is 36.7 Å². The van der Waals surface area contributed by atoms with Crippen LogP contribution in [0.3, 0.4) is 0 Å². The van der Waals surface area contributed by atoms with Gasteiger partial charge in [0.2, 0.25) is 5.88 Å². The van der Waals surface area contributed by atoms with Crippen molar-refractivity contribution in [3.8, 4) is 17.4 Å². The minimum atomic E-state index is -0.909. The van der Waals surface area contributed by atoms with E-state index in [1.807, 2.05) is 6.07 Å². The second-order valence-corrected chi connectivity index (χ2v) is 3.19. The van der Waals surface area contributed by atoms with Crippen LogP contribution < -0.4 is 4.74 Å². The minimum Gasteiger partial charge on any atom is -0.465 e. The van der Waals surface area contributed by atoms with Crippen LogP contribution in [-0.2, 0) is 9.68 Å². The zero-order valence-electron chi connectivity index (χ0n) is 9.18. The van der Waals surface area contributed by atoms with Crippen LogP contribution in [0.2, 0.25) is 0 Å². The molecular formula is C11H9N3O4. The molecule has 0 fully saturated rings. The first-order valence-electron chi connectivity index (χ1n) is 5.01. The van der Waals surface area contributed by atoms with Crippen molar-refractivity contribution in [2.75, 3.05) is 6.61 Å². The molecule has 0 spiro atoms. The Hall–Kier alpha value is -2.54. The molecule has 92 valence electrons. The lowest BCUT2D eigenvalue weighted by Crippen LogP contribution is -2.13. The van der Waals surface area contributed by atoms with Crippen molar-refractivity contribution >= 4 is 5.97 Å². The summed E-state index contributed by atoms with van der Waals surface area (Å²) in [5.41, 5.74) is 0.590. The van der Waals surface area contributed by atoms with Crippen LogP contribution in [0.25, 0.3) is 11.5 Å². The first kappa shape index (κ1) is 11.9. The fourth-order valence-electron chi connectivity index (χ4n) is 1.20. The van der Waals surface area contributed by atoms with Gasteiger partial charge in [0.15, 0.2) is 12.4 Å². The number of aromatic nitrogens is 3. The Morgan fingerprint density at radius 3 is 2.83 bits per heavy atom. The highest BCUT2D eigenvalue weighted by Crippen LogP contribution is 2.14. The van der Waals surface area contributed by atoms with E-state index in [1.165, 1.54) is 12.3 Å². The van der Waals surface area contributed by atoms with E-state index in [1.54, 1.807) is 18.3 Å². The highest BCUT2D eigenvalue weighted by Gasteiger charge is 2.07. The van der Waals surface area contributed by atoms with Crippen LogP contribution in [0.15, 0.2) is 36.7 Å². The molecule has 0 aliphatic rings. The molecule has 1 N–H and O–H groups in total. The summed E-state index contributed by atoms with van der Waals surface area (Å²) in [6.07, 6.45) is 3.10. The van der Waals surface area contributed by atoms with Crippen LogP contribution in [0.5, 0.6) is 5.88 Å². The lowest BCUT2D eigenvalue weighted by atomic mass is 10.3. The second kappa shape index (κ2) is 5.69. The molecule has 18 heavy (non-hydrogen) atoms. The van der Waals surface area contributed by atoms with E-state index in [4.69, 9.17) is 9.99 Å². The predicted molar refractivity (Wildman–Crippen MR) is 59.5 cm³/mol. The van der Waals surface area contributed by atoms with Gasteiger partial charge in [0.05, 0.1) is 0 Å². The van der Waals surface area contributed by atoms with Crippen molar-refractivity contribution in [1.29, 1.82) is 0 Å². The van der Waals surface area contributed by atoms with Gasteiger partial charge in [-0.2, -0.15) is 10.2 Å². The Kier molecular flexibility index (Phi) is 3.77. The summed E-state index contributed by atoms with van der Waals surface area (Å²) >= 11 is 0. The standard InChI is InChI=1S/C11H9N3O4/c15-10(18-16)7-17-9-4-6-13-11(14-9)8-3-1-2-5-12-8/h1-6,16H,7H2. The molecule has 2 rings (SSSR count). The van der Waals surface area contributed by atoms with Crippen molar-refractivity contribution in [3.63, 3.8) is 0 Å². The third-order valence-electron chi connectivity index (χ3n) is 1.96. The second-order valence-electron chi connectivity index (χ2n) is 3.19. The molecule has 0 saturated heterocycles. The van der Waals surface area contributed by atoms with E-state index in [-0.39, 0.29) is 5.88 Å². The largest absolute Gasteiger partial charge is 0.465 e. The molecule has 0 amide bonds. The maximum absolute atomic E-state index is 10.7. The maximum atomic E-state index is 10.7. The monoisotopic (exact) mass is 247 g/mol. The molecule has 2 aromatic heterocycles. The van der Waals surface area contributed by atoms with Gasteiger partial charge >= 0.3 is 5.97 Å². The fraction of sp³-hybridized carbons (Fsp3) is 0.0909. The summed E-state index contributed by atoms with van der Waals surface area (Å²) in [4.78, 5) is 26.3. The zero-order valence-corrected chi connectivity index (χ0v) is 9.18. The Labute approximate surface area is 102 Å². The number of pyridine rings is 1. The molecule has 2 heterocycles. The lowest BCUT2D eigenvalue weighted by Gasteiger charge is -2.04. The molecule has 0 saturated carbocycles. The highest BCUT2D eigenvalue weighted by atomic mass is 17.1. The summed E-state index contributed by atoms with van der Waals surface area (Å²) in [5, 5.41) is 8.07. The maximum Gasteiger partial charge on any atom is 0.379 e. The Bertz CT molecular complexity index is 533. The van der Waals surface area contributed by atoms with Gasteiger partial charge in [0.1, 0.15) is 5.69 Å². The topological polar surface area (TPSA) is 94.4 Å². The molecule has 0 bridgehead atoms. The molecule has 0 atom stereocenters. The molecule has 0 unspecified atom stereocenters. The lowest BCUT2D eigenvalue weighted by molar-refractivity contribution is -0.236. The van der Waals surface area contributed by atoms with Gasteiger partial charge in [-0.05, 0) is 12.1 Å². The van der Waals surface area contributed by atoms with E-state index >= 15 is 0 Å². The summed E-state index contributed by atoms with van der Waals surface area (Å²) in [6, 6.07) is 6.82. The number of ether oxygens (including phenoxy) is 1. The Balaban J connectivity index is 2.13. The van der Waals surface area contributed by atoms with Crippen LogP contribution in [0.4, 0.5) is 0 Å². The summed E-state index contributed by atoms with van der Waals surface area (Å²) < 4.78 is 5.01. The molecule has 7 nitrogen and oxygen atoms in total. The van der Waals surface area contributed by atoms with Crippen LogP contribution in [0, 0.1) is 0 Å². The van der Waals surface area contributed by atoms with Crippen molar-refractivity contribution in [2.45, 2.75) is 0 Å². The van der Waals surface area contributed by atoms with Gasteiger partial charge in [0.25, 0.3) is 0 Å². The number of carbonyl (C=O) groups is 1. The molecule has 0 aromatic carbocycles. The molecule has 0 aliphatic heterocycles. The van der Waals surface area contributed by atoms with E-state index < -0.39 is 12.6 Å². The molecule has 0 aliphatic carbocycles. The molecule has 7 heteroatoms. The van der Waals surface area contributed by atoms with Gasteiger partial charge in [-0.15, -0.1) is 0 Å². The number of hydrogen-bond donors (Lipinski definition) is 1. The van der Waals surface area contributed by atoms with Gasteiger partial charge in [0, 0.05) is 18.5 Å². The molecule has 2 aromatic rings. The smallest absolute Gasteiger partial charge is 0.379 e. The van der Waals surface area contributed by atoms with Gasteiger partial charge < -0.3 is 4.74 Å².